The van der Waals surface area contributed by atoms with Crippen molar-refractivity contribution in [3.8, 4) is 28.6 Å². The number of benzene rings is 3. The third-order valence-electron chi connectivity index (χ3n) is 5.81. The molecule has 0 saturated carbocycles. The Balaban J connectivity index is 1.28. The molecule has 4 aromatic rings. The van der Waals surface area contributed by atoms with Crippen molar-refractivity contribution in [1.29, 1.82) is 0 Å². The summed E-state index contributed by atoms with van der Waals surface area (Å²) in [5.74, 6) is 0.366. The molecule has 1 aromatic heterocycles. The van der Waals surface area contributed by atoms with Crippen molar-refractivity contribution in [2.24, 2.45) is 10.2 Å². The number of alkyl halides is 3. The van der Waals surface area contributed by atoms with Crippen molar-refractivity contribution < 1.29 is 27.8 Å². The minimum absolute atomic E-state index is 0.113. The first kappa shape index (κ1) is 26.9. The highest BCUT2D eigenvalue weighted by Gasteiger charge is 2.32. The van der Waals surface area contributed by atoms with Gasteiger partial charge in [0.2, 0.25) is 5.91 Å². The second-order valence-corrected chi connectivity index (χ2v) is 9.69. The summed E-state index contributed by atoms with van der Waals surface area (Å²) in [4.78, 5) is 18.4. The number of aryl methyl sites for hydroxylation is 2. The van der Waals surface area contributed by atoms with E-state index in [1.54, 1.807) is 30.5 Å². The third-order valence-corrected chi connectivity index (χ3v) is 6.72. The summed E-state index contributed by atoms with van der Waals surface area (Å²) in [5, 5.41) is 23.1. The molecule has 1 aliphatic heterocycles. The molecule has 5 rings (SSSR count). The number of halogens is 3. The summed E-state index contributed by atoms with van der Waals surface area (Å²) in [6.45, 7) is 3.64. The van der Waals surface area contributed by atoms with E-state index in [2.05, 4.69) is 25.0 Å². The smallest absolute Gasteiger partial charge is 0.508 e. The number of anilines is 1. The lowest BCUT2D eigenvalue weighted by Crippen LogP contribution is -2.30. The third kappa shape index (κ3) is 5.99. The molecule has 0 bridgehead atoms. The van der Waals surface area contributed by atoms with Gasteiger partial charge in [-0.3, -0.25) is 9.69 Å². The van der Waals surface area contributed by atoms with Crippen molar-refractivity contribution in [2.75, 3.05) is 10.7 Å². The van der Waals surface area contributed by atoms with Gasteiger partial charge in [-0.15, -0.1) is 23.4 Å². The van der Waals surface area contributed by atoms with Crippen molar-refractivity contribution >= 4 is 34.7 Å². The highest BCUT2D eigenvalue weighted by molar-refractivity contribution is 8.15. The van der Waals surface area contributed by atoms with E-state index >= 15 is 0 Å². The number of amidine groups is 1. The molecule has 1 fully saturated rings. The quantitative estimate of drug-likeness (QED) is 0.240. The molecule has 0 spiro atoms. The van der Waals surface area contributed by atoms with Gasteiger partial charge in [0, 0.05) is 5.56 Å². The predicted octanol–water partition coefficient (Wildman–Crippen LogP) is 5.63. The fraction of sp³-hybridized carbons (Fsp3) is 0.148. The molecule has 3 aromatic carbocycles. The van der Waals surface area contributed by atoms with Crippen molar-refractivity contribution in [2.45, 2.75) is 20.2 Å². The molecule has 9 nitrogen and oxygen atoms in total. The van der Waals surface area contributed by atoms with Crippen LogP contribution in [-0.2, 0) is 4.79 Å². The van der Waals surface area contributed by atoms with Crippen molar-refractivity contribution in [3.63, 3.8) is 0 Å². The molecule has 2 heterocycles. The van der Waals surface area contributed by atoms with Gasteiger partial charge in [-0.25, -0.2) is 9.67 Å². The number of hydrogen-bond donors (Lipinski definition) is 1. The molecule has 13 heteroatoms. The first-order valence-corrected chi connectivity index (χ1v) is 12.8. The minimum Gasteiger partial charge on any atom is -0.508 e. The number of ether oxygens (including phenoxy) is 1. The van der Waals surface area contributed by atoms with Crippen LogP contribution >= 0.6 is 11.8 Å². The van der Waals surface area contributed by atoms with E-state index < -0.39 is 6.36 Å². The molecule has 1 N–H and O–H groups in total. The maximum absolute atomic E-state index is 12.6. The van der Waals surface area contributed by atoms with Crippen molar-refractivity contribution in [3.05, 3.63) is 83.7 Å². The lowest BCUT2D eigenvalue weighted by molar-refractivity contribution is -0.274. The Bertz CT molecular complexity index is 1590. The van der Waals surface area contributed by atoms with Crippen LogP contribution in [0.4, 0.5) is 18.9 Å². The first-order chi connectivity index (χ1) is 19.1. The fourth-order valence-corrected chi connectivity index (χ4v) is 4.93. The van der Waals surface area contributed by atoms with Gasteiger partial charge in [0.15, 0.2) is 11.0 Å². The lowest BCUT2D eigenvalue weighted by atomic mass is 10.1. The molecule has 0 radical (unpaired) electrons. The number of aromatic nitrogens is 3. The van der Waals surface area contributed by atoms with Crippen LogP contribution < -0.4 is 9.64 Å². The number of phenolic OH excluding ortho intramolecular Hbond substituents is 1. The van der Waals surface area contributed by atoms with Gasteiger partial charge < -0.3 is 9.84 Å². The second-order valence-electron chi connectivity index (χ2n) is 8.75. The summed E-state index contributed by atoms with van der Waals surface area (Å²) >= 11 is 1.29. The summed E-state index contributed by atoms with van der Waals surface area (Å²) in [6.07, 6.45) is -1.73. The van der Waals surface area contributed by atoms with E-state index in [9.17, 15) is 23.1 Å². The summed E-state index contributed by atoms with van der Waals surface area (Å²) in [7, 11) is 0. The van der Waals surface area contributed by atoms with Crippen LogP contribution in [0.1, 0.15) is 16.7 Å². The van der Waals surface area contributed by atoms with Gasteiger partial charge >= 0.3 is 6.36 Å². The van der Waals surface area contributed by atoms with Crippen LogP contribution in [0.3, 0.4) is 0 Å². The molecule has 204 valence electrons. The van der Waals surface area contributed by atoms with E-state index in [4.69, 9.17) is 0 Å². The van der Waals surface area contributed by atoms with Gasteiger partial charge in [-0.1, -0.05) is 36.0 Å². The lowest BCUT2D eigenvalue weighted by Gasteiger charge is -2.20. The number of carbonyl (C=O) groups is 1. The van der Waals surface area contributed by atoms with Gasteiger partial charge in [0.1, 0.15) is 17.8 Å². The van der Waals surface area contributed by atoms with Gasteiger partial charge in [-0.2, -0.15) is 5.10 Å². The Labute approximate surface area is 230 Å². The van der Waals surface area contributed by atoms with E-state index in [1.165, 1.54) is 51.9 Å². The van der Waals surface area contributed by atoms with E-state index in [-0.39, 0.29) is 23.2 Å². The number of aromatic hydroxyl groups is 1. The molecule has 40 heavy (non-hydrogen) atoms. The minimum atomic E-state index is -4.76. The number of carbonyl (C=O) groups excluding carboxylic acids is 1. The number of rotatable bonds is 6. The van der Waals surface area contributed by atoms with Crippen LogP contribution in [-0.4, -0.2) is 49.3 Å². The zero-order chi connectivity index (χ0) is 28.4. The van der Waals surface area contributed by atoms with E-state index in [0.29, 0.717) is 22.4 Å². The molecule has 1 saturated heterocycles. The van der Waals surface area contributed by atoms with E-state index in [0.717, 1.165) is 22.3 Å². The Morgan fingerprint density at radius 2 is 1.73 bits per heavy atom. The Morgan fingerprint density at radius 1 is 1.05 bits per heavy atom. The Kier molecular flexibility index (Phi) is 7.30. The molecule has 1 amide bonds. The first-order valence-electron chi connectivity index (χ1n) is 11.8. The van der Waals surface area contributed by atoms with E-state index in [1.807, 2.05) is 26.0 Å². The van der Waals surface area contributed by atoms with Crippen LogP contribution in [0.2, 0.25) is 0 Å². The molecular weight excluding hydrogens is 545 g/mol. The number of thioether (sulfide) groups is 1. The average Bonchev–Trinajstić information content (AvgIpc) is 3.52. The normalized spacial score (nSPS) is 15.0. The summed E-state index contributed by atoms with van der Waals surface area (Å²) in [5.41, 5.74) is 4.19. The molecular formula is C27H21F3N6O3S. The Morgan fingerprint density at radius 3 is 2.38 bits per heavy atom. The molecule has 0 aliphatic carbocycles. The topological polar surface area (TPSA) is 105 Å². The van der Waals surface area contributed by atoms with Gasteiger partial charge in [-0.05, 0) is 66.9 Å². The molecule has 0 atom stereocenters. The highest BCUT2D eigenvalue weighted by atomic mass is 32.2. The average molecular weight is 567 g/mol. The van der Waals surface area contributed by atoms with Crippen LogP contribution in [0, 0.1) is 13.8 Å². The number of phenols is 1. The summed E-state index contributed by atoms with van der Waals surface area (Å²) in [6, 6.07) is 15.7. The van der Waals surface area contributed by atoms with Crippen LogP contribution in [0.25, 0.3) is 17.1 Å². The molecule has 1 aliphatic rings. The number of amides is 1. The number of hydrogen-bond acceptors (Lipinski definition) is 8. The zero-order valence-electron chi connectivity index (χ0n) is 21.1. The molecule has 0 unspecified atom stereocenters. The fourth-order valence-electron chi connectivity index (χ4n) is 4.13. The highest BCUT2D eigenvalue weighted by Crippen LogP contribution is 2.34. The van der Waals surface area contributed by atoms with Crippen molar-refractivity contribution in [1.82, 2.24) is 14.8 Å². The second kappa shape index (κ2) is 10.8. The van der Waals surface area contributed by atoms with Crippen LogP contribution in [0.15, 0.2) is 77.2 Å². The number of nitrogens with zero attached hydrogens (tertiary/aromatic N) is 6. The predicted molar refractivity (Wildman–Crippen MR) is 146 cm³/mol. The van der Waals surface area contributed by atoms with Gasteiger partial charge in [0.05, 0.1) is 23.3 Å². The van der Waals surface area contributed by atoms with Crippen LogP contribution in [0.5, 0.6) is 11.5 Å². The maximum Gasteiger partial charge on any atom is 0.573 e. The Hall–Kier alpha value is -4.65. The van der Waals surface area contributed by atoms with Gasteiger partial charge in [0.25, 0.3) is 0 Å². The summed E-state index contributed by atoms with van der Waals surface area (Å²) < 4.78 is 42.4. The SMILES string of the molecule is Cc1cc(O)cc(C)c1N1C(=O)CS/C1=N\N=C\c1ccc(-c2ncn(-c3ccc(OC(F)(F)F)cc3)n2)cc1. The monoisotopic (exact) mass is 566 g/mol. The standard InChI is InChI=1S/C27H21F3N6O3S/c1-16-11-21(37)12-17(2)24(16)36-23(38)14-40-26(36)33-32-13-18-3-5-19(6-4-18)25-31-15-35(34-25)20-7-9-22(10-8-20)39-27(28,29)30/h3-13,15,37H,14H2,1-2H3/b32-13+,33-26-. The largest absolute Gasteiger partial charge is 0.573 e. The maximum atomic E-state index is 12.6. The zero-order valence-corrected chi connectivity index (χ0v) is 21.9.